The summed E-state index contributed by atoms with van der Waals surface area (Å²) in [6.45, 7) is 4.53. The minimum absolute atomic E-state index is 0.0311. The molecule has 0 rings (SSSR count). The molecule has 2 atom stereocenters. The van der Waals surface area contributed by atoms with Crippen molar-refractivity contribution in [3.8, 4) is 0 Å². The number of unbranched alkanes of at least 4 members (excludes halogenated alkanes) is 18. The summed E-state index contributed by atoms with van der Waals surface area (Å²) >= 11 is 0. The first kappa shape index (κ1) is 56.0. The number of rotatable bonds is 42. The van der Waals surface area contributed by atoms with Crippen molar-refractivity contribution in [3.05, 3.63) is 60.8 Å². The van der Waals surface area contributed by atoms with E-state index in [1.807, 2.05) is 0 Å². The molecule has 0 aliphatic heterocycles. The highest BCUT2D eigenvalue weighted by Gasteiger charge is 2.25. The first-order valence-electron chi connectivity index (χ1n) is 23.8. The van der Waals surface area contributed by atoms with E-state index in [9.17, 15) is 19.5 Å². The van der Waals surface area contributed by atoms with Crippen LogP contribution in [0.3, 0.4) is 0 Å². The van der Waals surface area contributed by atoms with Gasteiger partial charge in [-0.15, -0.1) is 0 Å². The summed E-state index contributed by atoms with van der Waals surface area (Å²) in [6, 6.07) is -0.731. The number of allylic oxidation sites excluding steroid dienone is 10. The number of quaternary nitrogens is 1. The van der Waals surface area contributed by atoms with Crippen molar-refractivity contribution >= 4 is 17.9 Å². The molecule has 0 amide bonds. The fourth-order valence-corrected chi connectivity index (χ4v) is 6.70. The average Bonchev–Trinajstić information content (AvgIpc) is 3.19. The minimum atomic E-state index is -1.13. The lowest BCUT2D eigenvalue weighted by Gasteiger charge is -2.34. The fourth-order valence-electron chi connectivity index (χ4n) is 6.70. The third kappa shape index (κ3) is 40.2. The molecular weight excluding hydrogens is 739 g/mol. The van der Waals surface area contributed by atoms with Crippen molar-refractivity contribution in [2.75, 3.05) is 41.0 Å². The van der Waals surface area contributed by atoms with E-state index in [1.54, 1.807) is 21.1 Å². The summed E-state index contributed by atoms with van der Waals surface area (Å²) in [5.74, 6) is -1.76. The van der Waals surface area contributed by atoms with Gasteiger partial charge < -0.3 is 28.6 Å². The zero-order valence-corrected chi connectivity index (χ0v) is 38.7. The molecule has 8 nitrogen and oxygen atoms in total. The number of carbonyl (C=O) groups excluding carboxylic acids is 3. The van der Waals surface area contributed by atoms with Crippen LogP contribution in [0.2, 0.25) is 0 Å². The number of likely N-dealkylation sites (N-methyl/N-ethyl adjacent to an activating group) is 1. The molecule has 0 aliphatic carbocycles. The van der Waals surface area contributed by atoms with Gasteiger partial charge in [-0.25, -0.2) is 0 Å². The quantitative estimate of drug-likeness (QED) is 0.0261. The largest absolute Gasteiger partial charge is 0.544 e. The van der Waals surface area contributed by atoms with Gasteiger partial charge in [-0.2, -0.15) is 0 Å². The average molecular weight is 828 g/mol. The number of aliphatic carboxylic acids is 1. The van der Waals surface area contributed by atoms with E-state index in [2.05, 4.69) is 74.6 Å². The maximum Gasteiger partial charge on any atom is 0.306 e. The van der Waals surface area contributed by atoms with E-state index in [-0.39, 0.29) is 42.7 Å². The molecule has 0 radical (unpaired) electrons. The van der Waals surface area contributed by atoms with E-state index >= 15 is 0 Å². The van der Waals surface area contributed by atoms with E-state index in [1.165, 1.54) is 70.6 Å². The van der Waals surface area contributed by atoms with Crippen molar-refractivity contribution in [3.63, 3.8) is 0 Å². The van der Waals surface area contributed by atoms with Crippen LogP contribution in [0.15, 0.2) is 60.8 Å². The predicted molar refractivity (Wildman–Crippen MR) is 245 cm³/mol. The third-order valence-corrected chi connectivity index (χ3v) is 10.4. The molecule has 0 spiro atoms. The number of ether oxygens (including phenoxy) is 3. The van der Waals surface area contributed by atoms with Gasteiger partial charge in [-0.3, -0.25) is 9.59 Å². The summed E-state index contributed by atoms with van der Waals surface area (Å²) in [5.41, 5.74) is 0. The zero-order valence-electron chi connectivity index (χ0n) is 38.7. The lowest BCUT2D eigenvalue weighted by atomic mass is 10.1. The smallest absolute Gasteiger partial charge is 0.306 e. The van der Waals surface area contributed by atoms with Crippen LogP contribution in [0.4, 0.5) is 0 Å². The molecule has 0 saturated carbocycles. The number of hydrogen-bond acceptors (Lipinski definition) is 7. The van der Waals surface area contributed by atoms with Crippen LogP contribution in [-0.2, 0) is 28.6 Å². The van der Waals surface area contributed by atoms with Gasteiger partial charge in [-0.1, -0.05) is 158 Å². The van der Waals surface area contributed by atoms with Gasteiger partial charge in [0.1, 0.15) is 12.6 Å². The third-order valence-electron chi connectivity index (χ3n) is 10.4. The molecular formula is C51H89NO7. The lowest BCUT2D eigenvalue weighted by Crippen LogP contribution is -2.55. The van der Waals surface area contributed by atoms with Crippen molar-refractivity contribution in [1.82, 2.24) is 0 Å². The molecule has 59 heavy (non-hydrogen) atoms. The maximum absolute atomic E-state index is 12.7. The van der Waals surface area contributed by atoms with Crippen LogP contribution in [0.5, 0.6) is 0 Å². The first-order valence-corrected chi connectivity index (χ1v) is 23.8. The van der Waals surface area contributed by atoms with Gasteiger partial charge in [0.25, 0.3) is 0 Å². The van der Waals surface area contributed by atoms with Gasteiger partial charge in [0.15, 0.2) is 6.10 Å². The Morgan fingerprint density at radius 2 is 0.949 bits per heavy atom. The van der Waals surface area contributed by atoms with Crippen LogP contribution in [0, 0.1) is 0 Å². The SMILES string of the molecule is CC/C=C/C/C=C/C/C=C/C/C=C/CCCCCCCCC(=O)OCC(COCCC(C(=O)[O-])[N+](C)(C)C)OC(=O)CCCCCCC/C=C/CCCCCCCCC. The highest BCUT2D eigenvalue weighted by atomic mass is 16.6. The van der Waals surface area contributed by atoms with E-state index < -0.39 is 18.1 Å². The molecule has 0 aromatic heterocycles. The second-order valence-electron chi connectivity index (χ2n) is 17.0. The van der Waals surface area contributed by atoms with Crippen molar-refractivity contribution < 1.29 is 38.2 Å². The van der Waals surface area contributed by atoms with E-state index in [0.29, 0.717) is 12.8 Å². The molecule has 0 aromatic rings. The van der Waals surface area contributed by atoms with Crippen LogP contribution in [0.1, 0.15) is 194 Å². The number of esters is 2. The molecule has 0 N–H and O–H groups in total. The number of nitrogens with zero attached hydrogens (tertiary/aromatic N) is 1. The second kappa shape index (κ2) is 41.8. The molecule has 0 heterocycles. The molecule has 0 fully saturated rings. The number of carboxylic acid groups (broad SMARTS) is 1. The molecule has 0 aromatic carbocycles. The van der Waals surface area contributed by atoms with Gasteiger partial charge in [0, 0.05) is 19.3 Å². The summed E-state index contributed by atoms with van der Waals surface area (Å²) in [5, 5.41) is 11.6. The number of carboxylic acids is 1. The Balaban J connectivity index is 4.34. The Morgan fingerprint density at radius 1 is 0.525 bits per heavy atom. The highest BCUT2D eigenvalue weighted by molar-refractivity contribution is 5.70. The molecule has 0 bridgehead atoms. The van der Waals surface area contributed by atoms with Crippen molar-refractivity contribution in [2.45, 2.75) is 206 Å². The summed E-state index contributed by atoms with van der Waals surface area (Å²) in [7, 11) is 5.40. The number of hydrogen-bond donors (Lipinski definition) is 0. The fraction of sp³-hybridized carbons (Fsp3) is 0.745. The topological polar surface area (TPSA) is 102 Å². The molecule has 8 heteroatoms. The van der Waals surface area contributed by atoms with Crippen molar-refractivity contribution in [1.29, 1.82) is 0 Å². The van der Waals surface area contributed by atoms with Crippen LogP contribution < -0.4 is 5.11 Å². The van der Waals surface area contributed by atoms with Gasteiger partial charge in [-0.05, 0) is 77.0 Å². The van der Waals surface area contributed by atoms with Crippen LogP contribution >= 0.6 is 0 Å². The standard InChI is InChI=1S/C51H89NO7/c1-6-8-10-12-14-16-18-20-22-24-25-26-28-29-31-33-35-37-39-41-49(53)58-46-47(45-57-44-43-48(51(55)56)52(3,4)5)59-50(54)42-40-38-36-34-32-30-27-23-21-19-17-15-13-11-9-7-2/h8,10,14,16,20,22-23,25-27,47-48H,6-7,9,11-13,15,17-19,21,24,28-46H2,1-5H3/b10-8+,16-14+,22-20+,26-25+,27-23+. The van der Waals surface area contributed by atoms with E-state index in [4.69, 9.17) is 14.2 Å². The van der Waals surface area contributed by atoms with Gasteiger partial charge >= 0.3 is 11.9 Å². The summed E-state index contributed by atoms with van der Waals surface area (Å²) in [4.78, 5) is 36.9. The van der Waals surface area contributed by atoms with Crippen LogP contribution in [0.25, 0.3) is 0 Å². The van der Waals surface area contributed by atoms with Gasteiger partial charge in [0.2, 0.25) is 0 Å². The van der Waals surface area contributed by atoms with Crippen molar-refractivity contribution in [2.24, 2.45) is 0 Å². The Morgan fingerprint density at radius 3 is 1.42 bits per heavy atom. The lowest BCUT2D eigenvalue weighted by molar-refractivity contribution is -0.889. The molecule has 340 valence electrons. The Bertz CT molecular complexity index is 1150. The normalized spacial score (nSPS) is 13.4. The Hall–Kier alpha value is -2.97. The first-order chi connectivity index (χ1) is 28.6. The maximum atomic E-state index is 12.7. The van der Waals surface area contributed by atoms with Gasteiger partial charge in [0.05, 0.1) is 40.3 Å². The molecule has 0 aliphatic rings. The Labute approximate surface area is 362 Å². The summed E-state index contributed by atoms with van der Waals surface area (Å²) in [6.07, 6.45) is 51.0. The Kier molecular flexibility index (Phi) is 39.6. The summed E-state index contributed by atoms with van der Waals surface area (Å²) < 4.78 is 17.2. The van der Waals surface area contributed by atoms with E-state index in [0.717, 1.165) is 89.9 Å². The molecule has 0 saturated heterocycles. The van der Waals surface area contributed by atoms with Crippen LogP contribution in [-0.4, -0.2) is 75.5 Å². The highest BCUT2D eigenvalue weighted by Crippen LogP contribution is 2.14. The minimum Gasteiger partial charge on any atom is -0.544 e. The zero-order chi connectivity index (χ0) is 43.5. The second-order valence-corrected chi connectivity index (χ2v) is 17.0. The predicted octanol–water partition coefficient (Wildman–Crippen LogP) is 12.0. The molecule has 2 unspecified atom stereocenters. The number of carbonyl (C=O) groups is 3. The monoisotopic (exact) mass is 828 g/mol.